The fraction of sp³-hybridized carbons (Fsp3) is 0.250. The normalized spacial score (nSPS) is 9.91. The molecule has 0 N–H and O–H groups in total. The highest BCUT2D eigenvalue weighted by Crippen LogP contribution is 2.10. The molecule has 58 valence electrons. The third kappa shape index (κ3) is 0.981. The molecule has 1 aromatic rings. The van der Waals surface area contributed by atoms with Crippen LogP contribution >= 0.6 is 0 Å². The molecule has 0 aliphatic carbocycles. The summed E-state index contributed by atoms with van der Waals surface area (Å²) in [6.07, 6.45) is 1.98. The summed E-state index contributed by atoms with van der Waals surface area (Å²) in [6.45, 7) is 3.46. The molecule has 0 aromatic heterocycles. The molecule has 0 bridgehead atoms. The van der Waals surface area contributed by atoms with Gasteiger partial charge in [-0.3, -0.25) is 9.59 Å². The molecule has 0 saturated heterocycles. The first-order valence-corrected chi connectivity index (χ1v) is 3.19. The molecule has 0 saturated carbocycles. The highest BCUT2D eigenvalue weighted by molar-refractivity contribution is 5.40. The van der Waals surface area contributed by atoms with E-state index in [9.17, 15) is 9.59 Å². The molecular formula is C8H8O3. The van der Waals surface area contributed by atoms with Crippen molar-refractivity contribution in [2.45, 2.75) is 6.42 Å². The summed E-state index contributed by atoms with van der Waals surface area (Å²) in [7, 11) is 1.38. The largest absolute Gasteiger partial charge is 0.492 e. The van der Waals surface area contributed by atoms with Gasteiger partial charge in [0, 0.05) is 0 Å². The van der Waals surface area contributed by atoms with E-state index in [0.717, 1.165) is 0 Å². The summed E-state index contributed by atoms with van der Waals surface area (Å²) in [5, 5.41) is 0. The van der Waals surface area contributed by atoms with E-state index in [1.165, 1.54) is 7.11 Å². The summed E-state index contributed by atoms with van der Waals surface area (Å²) >= 11 is 0. The molecule has 1 aromatic carbocycles. The second-order valence-corrected chi connectivity index (χ2v) is 2.16. The van der Waals surface area contributed by atoms with Gasteiger partial charge in [0.25, 0.3) is 5.43 Å². The van der Waals surface area contributed by atoms with Crippen LogP contribution in [0.25, 0.3) is 0 Å². The van der Waals surface area contributed by atoms with Crippen LogP contribution in [0.2, 0.25) is 0 Å². The van der Waals surface area contributed by atoms with Crippen molar-refractivity contribution in [3.63, 3.8) is 0 Å². The minimum atomic E-state index is -0.524. The molecule has 11 heavy (non-hydrogen) atoms. The second-order valence-electron chi connectivity index (χ2n) is 2.16. The zero-order valence-electron chi connectivity index (χ0n) is 6.22. The summed E-state index contributed by atoms with van der Waals surface area (Å²) in [4.78, 5) is 21.5. The van der Waals surface area contributed by atoms with Crippen LogP contribution in [0.1, 0.15) is 5.56 Å². The summed E-state index contributed by atoms with van der Waals surface area (Å²) in [5.74, 6) is 0.190. The van der Waals surface area contributed by atoms with E-state index in [1.807, 2.05) is 0 Å². The van der Waals surface area contributed by atoms with Crippen LogP contribution < -0.4 is 15.6 Å². The average Bonchev–Trinajstić information content (AvgIpc) is 2.04. The Balaban J connectivity index is 3.07. The van der Waals surface area contributed by atoms with Gasteiger partial charge in [0.15, 0.2) is 5.75 Å². The smallest absolute Gasteiger partial charge is 0.268 e. The Morgan fingerprint density at radius 2 is 2.09 bits per heavy atom. The summed E-state index contributed by atoms with van der Waals surface area (Å²) in [5.41, 5.74) is -0.529. The standard InChI is InChI=1S/C8H8O3/c1-3-4-5-6(9)7(10)8(5)11-2/h3H,1,4H2,2H3. The van der Waals surface area contributed by atoms with Crippen LogP contribution in [-0.4, -0.2) is 7.11 Å². The molecule has 0 aliphatic rings. The van der Waals surface area contributed by atoms with E-state index in [0.29, 0.717) is 12.0 Å². The minimum absolute atomic E-state index is 0.190. The molecule has 0 spiro atoms. The van der Waals surface area contributed by atoms with Crippen LogP contribution in [0.15, 0.2) is 22.2 Å². The van der Waals surface area contributed by atoms with Crippen LogP contribution in [0.5, 0.6) is 5.75 Å². The minimum Gasteiger partial charge on any atom is -0.492 e. The molecule has 0 amide bonds. The van der Waals surface area contributed by atoms with Gasteiger partial charge in [0.2, 0.25) is 5.43 Å². The van der Waals surface area contributed by atoms with Gasteiger partial charge in [0.05, 0.1) is 12.7 Å². The second kappa shape index (κ2) is 2.70. The lowest BCUT2D eigenvalue weighted by atomic mass is 10.1. The van der Waals surface area contributed by atoms with Crippen LogP contribution in [0.4, 0.5) is 0 Å². The van der Waals surface area contributed by atoms with Gasteiger partial charge in [-0.2, -0.15) is 0 Å². The van der Waals surface area contributed by atoms with Gasteiger partial charge in [-0.1, -0.05) is 6.08 Å². The van der Waals surface area contributed by atoms with Gasteiger partial charge >= 0.3 is 0 Å². The van der Waals surface area contributed by atoms with E-state index in [2.05, 4.69) is 6.58 Å². The highest BCUT2D eigenvalue weighted by atomic mass is 16.5. The molecule has 0 unspecified atom stereocenters. The lowest BCUT2D eigenvalue weighted by molar-refractivity contribution is 0.400. The molecule has 0 heterocycles. The molecule has 0 fully saturated rings. The monoisotopic (exact) mass is 152 g/mol. The molecule has 1 rings (SSSR count). The van der Waals surface area contributed by atoms with Gasteiger partial charge in [-0.15, -0.1) is 6.58 Å². The number of hydrogen-bond acceptors (Lipinski definition) is 3. The van der Waals surface area contributed by atoms with Crippen molar-refractivity contribution in [2.24, 2.45) is 0 Å². The topological polar surface area (TPSA) is 43.4 Å². The van der Waals surface area contributed by atoms with E-state index in [1.54, 1.807) is 6.08 Å². The number of ether oxygens (including phenoxy) is 1. The van der Waals surface area contributed by atoms with Crippen LogP contribution in [0.3, 0.4) is 0 Å². The van der Waals surface area contributed by atoms with Crippen LogP contribution in [-0.2, 0) is 6.42 Å². The number of methoxy groups -OCH3 is 1. The molecule has 3 nitrogen and oxygen atoms in total. The van der Waals surface area contributed by atoms with Gasteiger partial charge < -0.3 is 4.74 Å². The van der Waals surface area contributed by atoms with Crippen LogP contribution in [0, 0.1) is 0 Å². The van der Waals surface area contributed by atoms with Gasteiger partial charge in [-0.25, -0.2) is 0 Å². The molecular weight excluding hydrogens is 144 g/mol. The molecule has 0 atom stereocenters. The van der Waals surface area contributed by atoms with Crippen molar-refractivity contribution in [2.75, 3.05) is 7.11 Å². The van der Waals surface area contributed by atoms with Crippen molar-refractivity contribution in [1.29, 1.82) is 0 Å². The lowest BCUT2D eigenvalue weighted by Gasteiger charge is -2.05. The Morgan fingerprint density at radius 1 is 1.45 bits per heavy atom. The quantitative estimate of drug-likeness (QED) is 0.453. The number of hydrogen-bond donors (Lipinski definition) is 0. The first-order valence-electron chi connectivity index (χ1n) is 3.19. The van der Waals surface area contributed by atoms with Crippen molar-refractivity contribution in [1.82, 2.24) is 0 Å². The van der Waals surface area contributed by atoms with E-state index in [4.69, 9.17) is 4.74 Å². The van der Waals surface area contributed by atoms with Gasteiger partial charge in [0.1, 0.15) is 0 Å². The molecule has 0 radical (unpaired) electrons. The maximum absolute atomic E-state index is 10.8. The Labute approximate surface area is 63.6 Å². The zero-order valence-corrected chi connectivity index (χ0v) is 6.22. The van der Waals surface area contributed by atoms with E-state index >= 15 is 0 Å². The average molecular weight is 152 g/mol. The number of allylic oxidation sites excluding steroid dienone is 1. The Hall–Kier alpha value is -1.38. The fourth-order valence-corrected chi connectivity index (χ4v) is 0.963. The SMILES string of the molecule is C=CCc1c(OC)c(=O)c1=O. The maximum Gasteiger partial charge on any atom is 0.268 e. The van der Waals surface area contributed by atoms with Crippen molar-refractivity contribution in [3.8, 4) is 5.75 Å². The van der Waals surface area contributed by atoms with Crippen molar-refractivity contribution < 1.29 is 4.74 Å². The maximum atomic E-state index is 10.8. The third-order valence-corrected chi connectivity index (χ3v) is 1.51. The fourth-order valence-electron chi connectivity index (χ4n) is 0.963. The van der Waals surface area contributed by atoms with E-state index in [-0.39, 0.29) is 5.75 Å². The number of rotatable bonds is 3. The molecule has 0 aliphatic heterocycles. The van der Waals surface area contributed by atoms with Crippen molar-refractivity contribution >= 4 is 0 Å². The predicted octanol–water partition coefficient (Wildman–Crippen LogP) is 0.0197. The lowest BCUT2D eigenvalue weighted by Crippen LogP contribution is -2.36. The third-order valence-electron chi connectivity index (χ3n) is 1.51. The predicted molar refractivity (Wildman–Crippen MR) is 41.8 cm³/mol. The first kappa shape index (κ1) is 7.72. The molecule has 3 heteroatoms. The zero-order chi connectivity index (χ0) is 8.43. The Bertz CT molecular complexity index is 342. The first-order chi connectivity index (χ1) is 5.22. The highest BCUT2D eigenvalue weighted by Gasteiger charge is 2.19. The Morgan fingerprint density at radius 3 is 2.55 bits per heavy atom. The summed E-state index contributed by atoms with van der Waals surface area (Å²) < 4.78 is 4.70. The summed E-state index contributed by atoms with van der Waals surface area (Å²) in [6, 6.07) is 0. The Kier molecular flexibility index (Phi) is 1.89. The van der Waals surface area contributed by atoms with Gasteiger partial charge in [-0.05, 0) is 6.42 Å². The van der Waals surface area contributed by atoms with Crippen molar-refractivity contribution in [3.05, 3.63) is 38.7 Å². The van der Waals surface area contributed by atoms with E-state index < -0.39 is 10.9 Å².